The molecule has 3 aromatic rings. The molecule has 0 unspecified atom stereocenters. The first-order valence-corrected chi connectivity index (χ1v) is 5.59. The molecule has 84 valence electrons. The van der Waals surface area contributed by atoms with E-state index in [0.717, 1.165) is 11.3 Å². The maximum absolute atomic E-state index is 4.14. The van der Waals surface area contributed by atoms with Gasteiger partial charge in [0.1, 0.15) is 0 Å². The van der Waals surface area contributed by atoms with Crippen molar-refractivity contribution < 1.29 is 0 Å². The van der Waals surface area contributed by atoms with E-state index in [0.29, 0.717) is 0 Å². The van der Waals surface area contributed by atoms with Crippen LogP contribution in [0.25, 0.3) is 22.2 Å². The van der Waals surface area contributed by atoms with Crippen LogP contribution in [-0.2, 0) is 7.05 Å². The molecule has 1 aromatic carbocycles. The van der Waals surface area contributed by atoms with Gasteiger partial charge in [-0.15, -0.1) is 0 Å². The third-order valence-corrected chi connectivity index (χ3v) is 3.06. The maximum atomic E-state index is 4.14. The SMILES string of the molecule is Cc1cn(C)c2ccc(-c3cccnn3)cc12. The summed E-state index contributed by atoms with van der Waals surface area (Å²) in [4.78, 5) is 0. The summed E-state index contributed by atoms with van der Waals surface area (Å²) < 4.78 is 2.14. The fourth-order valence-electron chi connectivity index (χ4n) is 2.20. The van der Waals surface area contributed by atoms with E-state index < -0.39 is 0 Å². The van der Waals surface area contributed by atoms with E-state index in [1.807, 2.05) is 12.1 Å². The largest absolute Gasteiger partial charge is 0.350 e. The van der Waals surface area contributed by atoms with E-state index >= 15 is 0 Å². The monoisotopic (exact) mass is 223 g/mol. The highest BCUT2D eigenvalue weighted by atomic mass is 15.1. The van der Waals surface area contributed by atoms with Gasteiger partial charge in [0.25, 0.3) is 0 Å². The summed E-state index contributed by atoms with van der Waals surface area (Å²) >= 11 is 0. The molecule has 0 fully saturated rings. The number of aryl methyl sites for hydroxylation is 2. The first-order valence-electron chi connectivity index (χ1n) is 5.59. The van der Waals surface area contributed by atoms with E-state index in [-0.39, 0.29) is 0 Å². The minimum absolute atomic E-state index is 0.914. The van der Waals surface area contributed by atoms with Gasteiger partial charge in [-0.05, 0) is 36.8 Å². The Morgan fingerprint density at radius 1 is 1.18 bits per heavy atom. The van der Waals surface area contributed by atoms with E-state index in [9.17, 15) is 0 Å². The summed E-state index contributed by atoms with van der Waals surface area (Å²) in [5.74, 6) is 0. The highest BCUT2D eigenvalue weighted by Crippen LogP contribution is 2.25. The molecule has 0 radical (unpaired) electrons. The average Bonchev–Trinajstić information content (AvgIpc) is 2.66. The van der Waals surface area contributed by atoms with Crippen LogP contribution in [0.3, 0.4) is 0 Å². The van der Waals surface area contributed by atoms with Crippen molar-refractivity contribution in [3.63, 3.8) is 0 Å². The Balaban J connectivity index is 2.24. The topological polar surface area (TPSA) is 30.7 Å². The van der Waals surface area contributed by atoms with Gasteiger partial charge >= 0.3 is 0 Å². The van der Waals surface area contributed by atoms with Crippen LogP contribution < -0.4 is 0 Å². The molecule has 0 saturated heterocycles. The van der Waals surface area contributed by atoms with Gasteiger partial charge in [0.05, 0.1) is 5.69 Å². The van der Waals surface area contributed by atoms with Gasteiger partial charge in [-0.2, -0.15) is 10.2 Å². The second-order valence-corrected chi connectivity index (χ2v) is 4.26. The van der Waals surface area contributed by atoms with Crippen molar-refractivity contribution in [2.75, 3.05) is 0 Å². The second-order valence-electron chi connectivity index (χ2n) is 4.26. The van der Waals surface area contributed by atoms with Crippen molar-refractivity contribution in [1.29, 1.82) is 0 Å². The maximum Gasteiger partial charge on any atom is 0.0929 e. The van der Waals surface area contributed by atoms with Gasteiger partial charge in [-0.3, -0.25) is 0 Å². The number of aromatic nitrogens is 3. The Bertz CT molecular complexity index is 669. The van der Waals surface area contributed by atoms with Crippen LogP contribution in [0.2, 0.25) is 0 Å². The first kappa shape index (κ1) is 10.0. The first-order chi connectivity index (χ1) is 8.25. The lowest BCUT2D eigenvalue weighted by Crippen LogP contribution is -1.87. The minimum Gasteiger partial charge on any atom is -0.350 e. The number of benzene rings is 1. The Hall–Kier alpha value is -2.16. The van der Waals surface area contributed by atoms with Gasteiger partial charge in [-0.25, -0.2) is 0 Å². The third-order valence-electron chi connectivity index (χ3n) is 3.06. The molecular weight excluding hydrogens is 210 g/mol. The summed E-state index contributed by atoms with van der Waals surface area (Å²) in [6.45, 7) is 2.13. The van der Waals surface area contributed by atoms with Gasteiger partial charge in [-0.1, -0.05) is 6.07 Å². The summed E-state index contributed by atoms with van der Waals surface area (Å²) in [5.41, 5.74) is 4.56. The zero-order valence-corrected chi connectivity index (χ0v) is 9.88. The van der Waals surface area contributed by atoms with E-state index in [1.54, 1.807) is 6.20 Å². The third kappa shape index (κ3) is 1.60. The number of fused-ring (bicyclic) bond motifs is 1. The van der Waals surface area contributed by atoms with Crippen LogP contribution in [0.5, 0.6) is 0 Å². The number of hydrogen-bond acceptors (Lipinski definition) is 2. The fourth-order valence-corrected chi connectivity index (χ4v) is 2.20. The zero-order chi connectivity index (χ0) is 11.8. The van der Waals surface area contributed by atoms with Crippen molar-refractivity contribution in [1.82, 2.24) is 14.8 Å². The second kappa shape index (κ2) is 3.70. The summed E-state index contributed by atoms with van der Waals surface area (Å²) in [5, 5.41) is 9.32. The van der Waals surface area contributed by atoms with Crippen LogP contribution >= 0.6 is 0 Å². The van der Waals surface area contributed by atoms with E-state index in [4.69, 9.17) is 0 Å². The van der Waals surface area contributed by atoms with Crippen LogP contribution in [0.4, 0.5) is 0 Å². The molecule has 0 amide bonds. The lowest BCUT2D eigenvalue weighted by molar-refractivity contribution is 0.964. The molecule has 0 aliphatic carbocycles. The van der Waals surface area contributed by atoms with Crippen molar-refractivity contribution in [2.24, 2.45) is 7.05 Å². The normalized spacial score (nSPS) is 10.9. The molecule has 0 atom stereocenters. The van der Waals surface area contributed by atoms with Crippen molar-refractivity contribution in [2.45, 2.75) is 6.92 Å². The molecule has 0 bridgehead atoms. The molecule has 0 aliphatic heterocycles. The van der Waals surface area contributed by atoms with Crippen LogP contribution in [0.1, 0.15) is 5.56 Å². The van der Waals surface area contributed by atoms with Gasteiger partial charge in [0, 0.05) is 35.9 Å². The molecule has 3 rings (SSSR count). The van der Waals surface area contributed by atoms with Gasteiger partial charge in [0.2, 0.25) is 0 Å². The standard InChI is InChI=1S/C14H13N3/c1-10-9-17(2)14-6-5-11(8-12(10)14)13-4-3-7-15-16-13/h3-9H,1-2H3. The van der Waals surface area contributed by atoms with E-state index in [1.165, 1.54) is 16.5 Å². The Morgan fingerprint density at radius 3 is 2.82 bits per heavy atom. The molecule has 3 nitrogen and oxygen atoms in total. The Morgan fingerprint density at radius 2 is 2.06 bits per heavy atom. The van der Waals surface area contributed by atoms with Crippen molar-refractivity contribution >= 4 is 10.9 Å². The lowest BCUT2D eigenvalue weighted by Gasteiger charge is -2.01. The molecule has 0 N–H and O–H groups in total. The highest BCUT2D eigenvalue weighted by Gasteiger charge is 2.05. The van der Waals surface area contributed by atoms with Gasteiger partial charge < -0.3 is 4.57 Å². The lowest BCUT2D eigenvalue weighted by atomic mass is 10.1. The van der Waals surface area contributed by atoms with Crippen LogP contribution in [-0.4, -0.2) is 14.8 Å². The van der Waals surface area contributed by atoms with E-state index in [2.05, 4.69) is 53.1 Å². The number of rotatable bonds is 1. The number of hydrogen-bond donors (Lipinski definition) is 0. The minimum atomic E-state index is 0.914. The zero-order valence-electron chi connectivity index (χ0n) is 9.88. The summed E-state index contributed by atoms with van der Waals surface area (Å²) in [6, 6.07) is 10.3. The quantitative estimate of drug-likeness (QED) is 0.635. The molecule has 0 aliphatic rings. The van der Waals surface area contributed by atoms with Gasteiger partial charge in [0.15, 0.2) is 0 Å². The van der Waals surface area contributed by atoms with Crippen molar-refractivity contribution in [3.05, 3.63) is 48.3 Å². The summed E-state index contributed by atoms with van der Waals surface area (Å²) in [6.07, 6.45) is 3.83. The molecule has 2 aromatic heterocycles. The predicted octanol–water partition coefficient (Wildman–Crippen LogP) is 2.94. The predicted molar refractivity (Wildman–Crippen MR) is 68.7 cm³/mol. The van der Waals surface area contributed by atoms with Crippen molar-refractivity contribution in [3.8, 4) is 11.3 Å². The highest BCUT2D eigenvalue weighted by molar-refractivity contribution is 5.87. The average molecular weight is 223 g/mol. The fraction of sp³-hybridized carbons (Fsp3) is 0.143. The number of nitrogens with zero attached hydrogens (tertiary/aromatic N) is 3. The Kier molecular flexibility index (Phi) is 2.18. The van der Waals surface area contributed by atoms with Crippen LogP contribution in [0.15, 0.2) is 42.7 Å². The molecular formula is C14H13N3. The molecule has 0 spiro atoms. The molecule has 2 heterocycles. The summed E-state index contributed by atoms with van der Waals surface area (Å²) in [7, 11) is 2.07. The Labute approximate surface area is 99.7 Å². The smallest absolute Gasteiger partial charge is 0.0929 e. The van der Waals surface area contributed by atoms with Crippen LogP contribution in [0, 0.1) is 6.92 Å². The molecule has 3 heteroatoms. The molecule has 0 saturated carbocycles. The molecule has 17 heavy (non-hydrogen) atoms.